The first-order chi connectivity index (χ1) is 14.7. The third kappa shape index (κ3) is 2.86. The smallest absolute Gasteiger partial charge is 0.250 e. The van der Waals surface area contributed by atoms with Crippen molar-refractivity contribution in [3.05, 3.63) is 64.3 Å². The third-order valence-electron chi connectivity index (χ3n) is 6.68. The van der Waals surface area contributed by atoms with Gasteiger partial charge in [-0.25, -0.2) is 0 Å². The molecule has 1 aromatic heterocycles. The van der Waals surface area contributed by atoms with Crippen LogP contribution in [-0.2, 0) is 17.3 Å². The number of rotatable bonds is 3. The molecule has 0 bridgehead atoms. The number of nitrogens with one attached hydrogen (secondary N) is 2. The fourth-order valence-corrected chi connectivity index (χ4v) is 5.42. The highest BCUT2D eigenvalue weighted by atomic mass is 16.2. The predicted molar refractivity (Wildman–Crippen MR) is 119 cm³/mol. The van der Waals surface area contributed by atoms with E-state index in [2.05, 4.69) is 77.1 Å². The van der Waals surface area contributed by atoms with Crippen LogP contribution < -0.4 is 10.6 Å². The number of dihydropyridines is 1. The predicted octanol–water partition coefficient (Wildman–Crippen LogP) is 3.88. The number of amides is 1. The Bertz CT molecular complexity index is 1200. The van der Waals surface area contributed by atoms with Gasteiger partial charge in [0.25, 0.3) is 5.91 Å². The lowest BCUT2D eigenvalue weighted by Crippen LogP contribution is -2.55. The van der Waals surface area contributed by atoms with Crippen molar-refractivity contribution < 1.29 is 4.79 Å². The Morgan fingerprint density at radius 3 is 2.74 bits per heavy atom. The van der Waals surface area contributed by atoms with Gasteiger partial charge in [0.1, 0.15) is 0 Å². The Morgan fingerprint density at radius 1 is 1.23 bits per heavy atom. The van der Waals surface area contributed by atoms with Gasteiger partial charge in [-0.1, -0.05) is 25.1 Å². The molecule has 0 saturated carbocycles. The number of benzene rings is 1. The number of nitrogens with zero attached hydrogens (tertiary/aromatic N) is 4. The molecule has 1 unspecified atom stereocenters. The van der Waals surface area contributed by atoms with Gasteiger partial charge in [0.15, 0.2) is 5.82 Å². The van der Waals surface area contributed by atoms with E-state index in [0.717, 1.165) is 58.0 Å². The van der Waals surface area contributed by atoms with Crippen molar-refractivity contribution in [2.75, 3.05) is 6.54 Å². The quantitative estimate of drug-likeness (QED) is 0.797. The summed E-state index contributed by atoms with van der Waals surface area (Å²) >= 11 is 0. The zero-order valence-corrected chi connectivity index (χ0v) is 18.7. The van der Waals surface area contributed by atoms with Crippen LogP contribution in [0.2, 0.25) is 0 Å². The van der Waals surface area contributed by atoms with E-state index in [1.54, 1.807) is 0 Å². The summed E-state index contributed by atoms with van der Waals surface area (Å²) in [5.74, 6) is 0.786. The van der Waals surface area contributed by atoms with Crippen molar-refractivity contribution >= 4 is 5.91 Å². The Balaban J connectivity index is 1.74. The van der Waals surface area contributed by atoms with Crippen LogP contribution in [0, 0.1) is 6.92 Å². The molecule has 3 aliphatic rings. The van der Waals surface area contributed by atoms with Crippen molar-refractivity contribution in [1.82, 2.24) is 20.4 Å². The number of hydrogen-bond acceptors (Lipinski definition) is 5. The molecule has 0 aliphatic carbocycles. The molecule has 7 heteroatoms. The van der Waals surface area contributed by atoms with Crippen molar-refractivity contribution in [2.45, 2.75) is 51.5 Å². The van der Waals surface area contributed by atoms with Crippen LogP contribution in [-0.4, -0.2) is 27.8 Å². The Hall–Kier alpha value is -3.22. The second-order valence-electron chi connectivity index (χ2n) is 9.35. The summed E-state index contributed by atoms with van der Waals surface area (Å²) in [6.07, 6.45) is 1.47. The molecule has 7 nitrogen and oxygen atoms in total. The molecule has 31 heavy (non-hydrogen) atoms. The van der Waals surface area contributed by atoms with Gasteiger partial charge in [0.2, 0.25) is 0 Å². The molecular formula is C24H28N6O. The molecule has 1 amide bonds. The highest BCUT2D eigenvalue weighted by molar-refractivity contribution is 6.00. The van der Waals surface area contributed by atoms with Crippen LogP contribution >= 0.6 is 0 Å². The van der Waals surface area contributed by atoms with Crippen LogP contribution in [0.4, 0.5) is 0 Å². The highest BCUT2D eigenvalue weighted by Crippen LogP contribution is 2.51. The van der Waals surface area contributed by atoms with E-state index < -0.39 is 5.41 Å². The van der Waals surface area contributed by atoms with E-state index in [1.165, 1.54) is 0 Å². The van der Waals surface area contributed by atoms with Crippen LogP contribution in [0.5, 0.6) is 0 Å². The Morgan fingerprint density at radius 2 is 2.03 bits per heavy atom. The summed E-state index contributed by atoms with van der Waals surface area (Å²) in [6.45, 7) is 8.74. The van der Waals surface area contributed by atoms with Crippen molar-refractivity contribution in [1.29, 1.82) is 0 Å². The van der Waals surface area contributed by atoms with E-state index in [4.69, 9.17) is 0 Å². The largest absolute Gasteiger partial charge is 0.347 e. The highest BCUT2D eigenvalue weighted by Gasteiger charge is 2.51. The van der Waals surface area contributed by atoms with Gasteiger partial charge in [-0.3, -0.25) is 9.48 Å². The number of azo groups is 1. The molecule has 0 fully saturated rings. The van der Waals surface area contributed by atoms with Crippen molar-refractivity contribution in [3.63, 3.8) is 0 Å². The number of carbonyl (C=O) groups excluding carboxylic acids is 1. The SMILES string of the molecule is CCC1(c2cccc(-c3cc(C)nn3C)c2)C2=C(N=NC2)NC2=C1C(=O)NC(C)(C)C2. The van der Waals surface area contributed by atoms with Gasteiger partial charge < -0.3 is 10.6 Å². The molecule has 5 rings (SSSR count). The Kier molecular flexibility index (Phi) is 4.22. The van der Waals surface area contributed by atoms with Gasteiger partial charge in [0, 0.05) is 35.8 Å². The second kappa shape index (κ2) is 6.64. The molecule has 4 heterocycles. The van der Waals surface area contributed by atoms with E-state index in [-0.39, 0.29) is 11.4 Å². The number of aromatic nitrogens is 2. The molecule has 1 atom stereocenters. The van der Waals surface area contributed by atoms with Gasteiger partial charge in [-0.15, -0.1) is 5.11 Å². The monoisotopic (exact) mass is 416 g/mol. The van der Waals surface area contributed by atoms with Crippen LogP contribution in [0.15, 0.2) is 63.2 Å². The van der Waals surface area contributed by atoms with Crippen LogP contribution in [0.3, 0.4) is 0 Å². The van der Waals surface area contributed by atoms with Crippen LogP contribution in [0.25, 0.3) is 11.3 Å². The average Bonchev–Trinajstić information content (AvgIpc) is 3.31. The number of aryl methyl sites for hydroxylation is 2. The molecule has 0 spiro atoms. The van der Waals surface area contributed by atoms with E-state index in [1.807, 2.05) is 18.7 Å². The lowest BCUT2D eigenvalue weighted by molar-refractivity contribution is -0.120. The van der Waals surface area contributed by atoms with E-state index in [9.17, 15) is 4.79 Å². The zero-order chi connectivity index (χ0) is 22.0. The number of carbonyl (C=O) groups is 1. The summed E-state index contributed by atoms with van der Waals surface area (Å²) in [6, 6.07) is 10.6. The average molecular weight is 417 g/mol. The molecule has 2 aromatic rings. The second-order valence-corrected chi connectivity index (χ2v) is 9.35. The summed E-state index contributed by atoms with van der Waals surface area (Å²) < 4.78 is 1.90. The van der Waals surface area contributed by atoms with Gasteiger partial charge in [0.05, 0.1) is 28.9 Å². The molecule has 1 aromatic carbocycles. The zero-order valence-electron chi connectivity index (χ0n) is 18.7. The minimum Gasteiger partial charge on any atom is -0.347 e. The first-order valence-corrected chi connectivity index (χ1v) is 10.8. The lowest BCUT2D eigenvalue weighted by Gasteiger charge is -2.46. The fourth-order valence-electron chi connectivity index (χ4n) is 5.42. The molecule has 160 valence electrons. The minimum absolute atomic E-state index is 0.0131. The van der Waals surface area contributed by atoms with Gasteiger partial charge in [-0.2, -0.15) is 10.2 Å². The maximum Gasteiger partial charge on any atom is 0.250 e. The minimum atomic E-state index is -0.566. The van der Waals surface area contributed by atoms with Crippen molar-refractivity contribution in [2.24, 2.45) is 17.3 Å². The topological polar surface area (TPSA) is 83.7 Å². The maximum atomic E-state index is 13.5. The molecule has 3 aliphatic heterocycles. The summed E-state index contributed by atoms with van der Waals surface area (Å²) in [5.41, 5.74) is 6.16. The standard InChI is InChI=1S/C24H28N6O/c1-6-24(16-9-7-8-15(11-16)19-10-14(2)29-30(19)5)17-13-25-28-21(17)26-18-12-23(3,4)27-22(31)20(18)24/h7-11,26H,6,12-13H2,1-5H3,(H,27,31). The third-order valence-corrected chi connectivity index (χ3v) is 6.68. The lowest BCUT2D eigenvalue weighted by atomic mass is 9.63. The first-order valence-electron chi connectivity index (χ1n) is 10.8. The summed E-state index contributed by atoms with van der Waals surface area (Å²) in [4.78, 5) is 13.5. The van der Waals surface area contributed by atoms with E-state index in [0.29, 0.717) is 6.54 Å². The molecular weight excluding hydrogens is 388 g/mol. The number of hydrogen-bond donors (Lipinski definition) is 2. The fraction of sp³-hybridized carbons (Fsp3) is 0.417. The molecule has 0 radical (unpaired) electrons. The van der Waals surface area contributed by atoms with Crippen molar-refractivity contribution in [3.8, 4) is 11.3 Å². The Labute approximate surface area is 182 Å². The molecule has 0 saturated heterocycles. The van der Waals surface area contributed by atoms with Crippen LogP contribution in [0.1, 0.15) is 44.9 Å². The summed E-state index contributed by atoms with van der Waals surface area (Å²) in [7, 11) is 1.96. The van der Waals surface area contributed by atoms with E-state index >= 15 is 0 Å². The maximum absolute atomic E-state index is 13.5. The van der Waals surface area contributed by atoms with Gasteiger partial charge >= 0.3 is 0 Å². The summed E-state index contributed by atoms with van der Waals surface area (Å²) in [5, 5.41) is 19.9. The molecule has 2 N–H and O–H groups in total. The normalized spacial score (nSPS) is 24.1. The van der Waals surface area contributed by atoms with Gasteiger partial charge in [-0.05, 0) is 44.9 Å². The first kappa shape index (κ1) is 19.7.